The summed E-state index contributed by atoms with van der Waals surface area (Å²) in [5.74, 6) is -2.13. The Morgan fingerprint density at radius 3 is 2.74 bits per heavy atom. The second kappa shape index (κ2) is 7.73. The monoisotopic (exact) mass is 371 g/mol. The number of aryl methyl sites for hydroxylation is 1. The quantitative estimate of drug-likeness (QED) is 0.672. The third-order valence-electron chi connectivity index (χ3n) is 3.71. The predicted octanol–water partition coefficient (Wildman–Crippen LogP) is 1.97. The third kappa shape index (κ3) is 4.32. The van der Waals surface area contributed by atoms with E-state index in [1.165, 1.54) is 6.21 Å². The molecule has 3 aromatic rings. The highest BCUT2D eigenvalue weighted by Crippen LogP contribution is 2.09. The van der Waals surface area contributed by atoms with Crippen LogP contribution < -0.4 is 10.9 Å². The average molecular weight is 371 g/mol. The van der Waals surface area contributed by atoms with Crippen LogP contribution in [0.1, 0.15) is 27.2 Å². The van der Waals surface area contributed by atoms with E-state index >= 15 is 0 Å². The number of halogens is 2. The van der Waals surface area contributed by atoms with Crippen LogP contribution in [0.5, 0.6) is 0 Å². The molecule has 1 amide bonds. The lowest BCUT2D eigenvalue weighted by Gasteiger charge is -2.04. The van der Waals surface area contributed by atoms with E-state index in [0.717, 1.165) is 34.1 Å². The van der Waals surface area contributed by atoms with Gasteiger partial charge in [0.1, 0.15) is 11.6 Å². The molecule has 138 valence electrons. The standard InChI is InChI=1S/C18H15F2N5O2/c1-11-2-4-12(5-3-11)9-22-25-18(27)16(23-24-25)17(26)21-10-13-8-14(19)6-7-15(13)20/h2-9,24H,10H2,1H3,(H,21,26). The Labute approximate surface area is 152 Å². The van der Waals surface area contributed by atoms with E-state index in [1.807, 2.05) is 31.2 Å². The molecule has 1 heterocycles. The molecule has 0 saturated heterocycles. The molecule has 0 fully saturated rings. The molecule has 3 rings (SSSR count). The highest BCUT2D eigenvalue weighted by Gasteiger charge is 2.17. The number of nitrogens with zero attached hydrogens (tertiary/aromatic N) is 3. The van der Waals surface area contributed by atoms with Crippen LogP contribution in [0.4, 0.5) is 8.78 Å². The van der Waals surface area contributed by atoms with Gasteiger partial charge in [0.25, 0.3) is 5.91 Å². The van der Waals surface area contributed by atoms with Crippen LogP contribution in [0.15, 0.2) is 52.4 Å². The topological polar surface area (TPSA) is 92.1 Å². The number of amides is 1. The number of nitrogens with one attached hydrogen (secondary N) is 2. The maximum Gasteiger partial charge on any atom is 0.320 e. The predicted molar refractivity (Wildman–Crippen MR) is 94.5 cm³/mol. The van der Waals surface area contributed by atoms with E-state index in [-0.39, 0.29) is 12.1 Å². The smallest absolute Gasteiger partial charge is 0.320 e. The molecule has 0 saturated carbocycles. The van der Waals surface area contributed by atoms with Crippen LogP contribution in [0.25, 0.3) is 0 Å². The van der Waals surface area contributed by atoms with Gasteiger partial charge in [-0.2, -0.15) is 10.3 Å². The van der Waals surface area contributed by atoms with Gasteiger partial charge in [0, 0.05) is 12.1 Å². The molecule has 1 aromatic heterocycles. The second-order valence-electron chi connectivity index (χ2n) is 5.75. The summed E-state index contributed by atoms with van der Waals surface area (Å²) in [6.07, 6.45) is 1.43. The minimum atomic E-state index is -0.829. The lowest BCUT2D eigenvalue weighted by molar-refractivity contribution is 0.0944. The van der Waals surface area contributed by atoms with E-state index in [9.17, 15) is 18.4 Å². The van der Waals surface area contributed by atoms with Crippen molar-refractivity contribution in [3.05, 3.63) is 86.8 Å². The number of carbonyl (C=O) groups is 1. The van der Waals surface area contributed by atoms with Gasteiger partial charge in [-0.25, -0.2) is 8.78 Å². The summed E-state index contributed by atoms with van der Waals surface area (Å²) in [5.41, 5.74) is 0.592. The zero-order chi connectivity index (χ0) is 19.4. The van der Waals surface area contributed by atoms with Crippen LogP contribution in [0, 0.1) is 18.6 Å². The van der Waals surface area contributed by atoms with Gasteiger partial charge in [-0.3, -0.25) is 9.59 Å². The zero-order valence-corrected chi connectivity index (χ0v) is 14.2. The summed E-state index contributed by atoms with van der Waals surface area (Å²) in [7, 11) is 0. The van der Waals surface area contributed by atoms with Crippen LogP contribution in [0.2, 0.25) is 0 Å². The summed E-state index contributed by atoms with van der Waals surface area (Å²) in [6, 6.07) is 10.3. The van der Waals surface area contributed by atoms with Crippen molar-refractivity contribution in [2.24, 2.45) is 5.10 Å². The number of carbonyl (C=O) groups excluding carboxylic acids is 1. The lowest BCUT2D eigenvalue weighted by Crippen LogP contribution is -2.29. The molecule has 2 aromatic carbocycles. The SMILES string of the molecule is Cc1ccc(C=Nn2[nH]nc(C(=O)NCc3cc(F)ccc3F)c2=O)cc1. The molecule has 27 heavy (non-hydrogen) atoms. The second-order valence-corrected chi connectivity index (χ2v) is 5.75. The Morgan fingerprint density at radius 1 is 1.26 bits per heavy atom. The van der Waals surface area contributed by atoms with Crippen molar-refractivity contribution in [1.82, 2.24) is 20.4 Å². The number of aromatic nitrogens is 3. The maximum absolute atomic E-state index is 13.6. The van der Waals surface area contributed by atoms with Crippen LogP contribution in [0.3, 0.4) is 0 Å². The molecule has 0 aliphatic carbocycles. The molecule has 0 aliphatic heterocycles. The molecule has 0 unspecified atom stereocenters. The first kappa shape index (κ1) is 18.2. The summed E-state index contributed by atoms with van der Waals surface area (Å²) in [4.78, 5) is 25.1. The Morgan fingerprint density at radius 2 is 2.00 bits per heavy atom. The minimum Gasteiger partial charge on any atom is -0.346 e. The zero-order valence-electron chi connectivity index (χ0n) is 14.2. The first-order chi connectivity index (χ1) is 12.9. The van der Waals surface area contributed by atoms with Gasteiger partial charge in [0.05, 0.1) is 6.21 Å². The van der Waals surface area contributed by atoms with Gasteiger partial charge in [-0.05, 0) is 30.7 Å². The Kier molecular flexibility index (Phi) is 5.20. The van der Waals surface area contributed by atoms with Crippen molar-refractivity contribution in [3.8, 4) is 0 Å². The van der Waals surface area contributed by atoms with Crippen molar-refractivity contribution in [1.29, 1.82) is 0 Å². The molecular weight excluding hydrogens is 356 g/mol. The molecule has 0 bridgehead atoms. The molecule has 2 N–H and O–H groups in total. The van der Waals surface area contributed by atoms with Gasteiger partial charge in [-0.15, -0.1) is 9.89 Å². The molecule has 0 atom stereocenters. The molecular formula is C18H15F2N5O2. The third-order valence-corrected chi connectivity index (χ3v) is 3.71. The molecule has 0 spiro atoms. The van der Waals surface area contributed by atoms with Crippen molar-refractivity contribution in [2.75, 3.05) is 0 Å². The number of benzene rings is 2. The van der Waals surface area contributed by atoms with E-state index < -0.39 is 28.8 Å². The number of hydrogen-bond acceptors (Lipinski definition) is 4. The highest BCUT2D eigenvalue weighted by molar-refractivity contribution is 5.91. The normalized spacial score (nSPS) is 11.1. The lowest BCUT2D eigenvalue weighted by atomic mass is 10.2. The van der Waals surface area contributed by atoms with Crippen molar-refractivity contribution in [3.63, 3.8) is 0 Å². The van der Waals surface area contributed by atoms with Crippen LogP contribution >= 0.6 is 0 Å². The Hall–Kier alpha value is -3.62. The van der Waals surface area contributed by atoms with Gasteiger partial charge in [0.2, 0.25) is 5.69 Å². The molecule has 0 aliphatic rings. The summed E-state index contributed by atoms with van der Waals surface area (Å²) >= 11 is 0. The van der Waals surface area contributed by atoms with E-state index in [2.05, 4.69) is 20.7 Å². The fraction of sp³-hybridized carbons (Fsp3) is 0.111. The van der Waals surface area contributed by atoms with Crippen molar-refractivity contribution in [2.45, 2.75) is 13.5 Å². The van der Waals surface area contributed by atoms with Crippen molar-refractivity contribution < 1.29 is 13.6 Å². The highest BCUT2D eigenvalue weighted by atomic mass is 19.1. The summed E-state index contributed by atoms with van der Waals surface area (Å²) in [6.45, 7) is 1.66. The maximum atomic E-state index is 13.6. The van der Waals surface area contributed by atoms with Gasteiger partial charge in [-0.1, -0.05) is 29.8 Å². The summed E-state index contributed by atoms with van der Waals surface area (Å²) in [5, 5.41) is 12.2. The largest absolute Gasteiger partial charge is 0.346 e. The van der Waals surface area contributed by atoms with Crippen LogP contribution in [-0.2, 0) is 6.54 Å². The Balaban J connectivity index is 1.70. The van der Waals surface area contributed by atoms with Gasteiger partial charge >= 0.3 is 5.56 Å². The molecule has 7 nitrogen and oxygen atoms in total. The van der Waals surface area contributed by atoms with E-state index in [1.54, 1.807) is 0 Å². The van der Waals surface area contributed by atoms with Crippen LogP contribution in [-0.4, -0.2) is 27.2 Å². The van der Waals surface area contributed by atoms with Gasteiger partial charge in [0.15, 0.2) is 0 Å². The number of hydrogen-bond donors (Lipinski definition) is 2. The molecule has 9 heteroatoms. The fourth-order valence-electron chi connectivity index (χ4n) is 2.23. The number of aromatic amines is 1. The van der Waals surface area contributed by atoms with E-state index in [4.69, 9.17) is 0 Å². The first-order valence-electron chi connectivity index (χ1n) is 7.94. The first-order valence-corrected chi connectivity index (χ1v) is 7.94. The van der Waals surface area contributed by atoms with Crippen molar-refractivity contribution >= 4 is 12.1 Å². The van der Waals surface area contributed by atoms with Gasteiger partial charge < -0.3 is 5.32 Å². The minimum absolute atomic E-state index is 0.0448. The van der Waals surface area contributed by atoms with E-state index in [0.29, 0.717) is 0 Å². The summed E-state index contributed by atoms with van der Waals surface area (Å²) < 4.78 is 26.7. The number of H-pyrrole nitrogens is 1. The fourth-order valence-corrected chi connectivity index (χ4v) is 2.23. The number of rotatable bonds is 5. The average Bonchev–Trinajstić information content (AvgIpc) is 3.02. The molecule has 0 radical (unpaired) electrons. The Bertz CT molecular complexity index is 1050.